The maximum atomic E-state index is 13.5. The van der Waals surface area contributed by atoms with E-state index in [2.05, 4.69) is 23.2 Å². The molecule has 0 fully saturated rings. The second kappa shape index (κ2) is 6.72. The molecule has 0 spiro atoms. The fourth-order valence-corrected chi connectivity index (χ4v) is 2.59. The minimum atomic E-state index is -8.55. The smallest absolute Gasteiger partial charge is 0.281 e. The first-order chi connectivity index (χ1) is 12.0. The Morgan fingerprint density at radius 2 is 0.759 bits per heavy atom. The van der Waals surface area contributed by atoms with Crippen LogP contribution in [0.15, 0.2) is 0 Å². The summed E-state index contributed by atoms with van der Waals surface area (Å²) < 4.78 is 215. The van der Waals surface area contributed by atoms with Crippen LogP contribution in [0.1, 0.15) is 0 Å². The molecule has 0 saturated carbocycles. The van der Waals surface area contributed by atoms with Crippen LogP contribution in [0.25, 0.3) is 0 Å². The normalized spacial score (nSPS) is 16.9. The Kier molecular flexibility index (Phi) is 6.59. The van der Waals surface area contributed by atoms with E-state index in [1.165, 1.54) is 0 Å². The molecule has 0 bridgehead atoms. The summed E-state index contributed by atoms with van der Waals surface area (Å²) in [5.41, 5.74) is 0. The van der Waals surface area contributed by atoms with Crippen LogP contribution in [0, 0.1) is 0 Å². The molecular formula is C8HCl2F15O3S. The SMILES string of the molecule is O=S(=O)(O)C(F)(F)C(Cl)(Cl)C(F)(F)C(F)(F)C(F)(F)C(F)(F)C(F)(F)C(F)(F)F. The number of halogens is 17. The fourth-order valence-electron chi connectivity index (χ4n) is 1.31. The van der Waals surface area contributed by atoms with Crippen molar-refractivity contribution >= 4 is 33.3 Å². The van der Waals surface area contributed by atoms with Crippen molar-refractivity contribution in [3.05, 3.63) is 0 Å². The molecule has 0 aliphatic carbocycles. The molecule has 0 aromatic carbocycles. The van der Waals surface area contributed by atoms with Crippen LogP contribution in [0.4, 0.5) is 65.9 Å². The highest BCUT2D eigenvalue weighted by molar-refractivity contribution is 7.87. The molecular weight excluding hydrogens is 532 g/mol. The monoisotopic (exact) mass is 532 g/mol. The molecule has 0 aliphatic heterocycles. The van der Waals surface area contributed by atoms with E-state index in [4.69, 9.17) is 4.55 Å². The Balaban J connectivity index is 6.90. The van der Waals surface area contributed by atoms with Gasteiger partial charge in [-0.3, -0.25) is 4.55 Å². The standard InChI is InChI=1S/C8HCl2F15O3S/c9-1(10,8(24,25)29(26,27)28)2(11,12)3(13,14)4(15,16)5(17,18)6(19,20)7(21,22)23/h(H,26,27,28). The largest absolute Gasteiger partial charge is 0.460 e. The summed E-state index contributed by atoms with van der Waals surface area (Å²) in [4.78, 5) is 0. The van der Waals surface area contributed by atoms with Crippen LogP contribution >= 0.6 is 23.2 Å². The highest BCUT2D eigenvalue weighted by atomic mass is 35.5. The van der Waals surface area contributed by atoms with Crippen molar-refractivity contribution in [3.8, 4) is 0 Å². The molecule has 176 valence electrons. The second-order valence-electron chi connectivity index (χ2n) is 4.94. The first kappa shape index (κ1) is 28.4. The molecule has 0 saturated heterocycles. The van der Waals surface area contributed by atoms with Gasteiger partial charge in [0, 0.05) is 0 Å². The number of hydrogen-bond donors (Lipinski definition) is 1. The summed E-state index contributed by atoms with van der Waals surface area (Å²) >= 11 is 7.81. The second-order valence-corrected chi connectivity index (χ2v) is 7.73. The van der Waals surface area contributed by atoms with Gasteiger partial charge in [0.05, 0.1) is 0 Å². The molecule has 0 heterocycles. The Hall–Kier alpha value is -0.560. The van der Waals surface area contributed by atoms with Crippen molar-refractivity contribution < 1.29 is 78.8 Å². The van der Waals surface area contributed by atoms with E-state index in [1.807, 2.05) is 0 Å². The molecule has 21 heteroatoms. The zero-order valence-electron chi connectivity index (χ0n) is 12.1. The lowest BCUT2D eigenvalue weighted by atomic mass is 9.92. The molecule has 0 radical (unpaired) electrons. The Morgan fingerprint density at radius 1 is 0.517 bits per heavy atom. The molecule has 0 rings (SSSR count). The maximum Gasteiger partial charge on any atom is 0.460 e. The molecule has 0 amide bonds. The van der Waals surface area contributed by atoms with Crippen molar-refractivity contribution in [3.63, 3.8) is 0 Å². The first-order valence-electron chi connectivity index (χ1n) is 5.68. The highest BCUT2D eigenvalue weighted by Gasteiger charge is 2.94. The average molecular weight is 533 g/mol. The Bertz CT molecular complexity index is 741. The summed E-state index contributed by atoms with van der Waals surface area (Å²) in [5.74, 6) is -41.5. The first-order valence-corrected chi connectivity index (χ1v) is 7.88. The maximum absolute atomic E-state index is 13.5. The van der Waals surface area contributed by atoms with Gasteiger partial charge in [0.1, 0.15) is 0 Å². The van der Waals surface area contributed by atoms with Gasteiger partial charge in [0.25, 0.3) is 4.33 Å². The van der Waals surface area contributed by atoms with E-state index in [-0.39, 0.29) is 0 Å². The number of hydrogen-bond acceptors (Lipinski definition) is 2. The van der Waals surface area contributed by atoms with Crippen molar-refractivity contribution in [1.29, 1.82) is 0 Å². The van der Waals surface area contributed by atoms with E-state index in [0.29, 0.717) is 0 Å². The number of rotatable bonds is 7. The Labute approximate surface area is 158 Å². The van der Waals surface area contributed by atoms with Gasteiger partial charge >= 0.3 is 51.2 Å². The lowest BCUT2D eigenvalue weighted by Crippen LogP contribution is -2.74. The van der Waals surface area contributed by atoms with Crippen molar-refractivity contribution in [2.75, 3.05) is 0 Å². The molecule has 0 aromatic rings. The summed E-state index contributed by atoms with van der Waals surface area (Å²) in [6, 6.07) is 0. The third-order valence-corrected chi connectivity index (χ3v) is 5.14. The third-order valence-electron chi connectivity index (χ3n) is 3.02. The number of alkyl halides is 17. The fraction of sp³-hybridized carbons (Fsp3) is 1.00. The van der Waals surface area contributed by atoms with Crippen LogP contribution in [-0.4, -0.2) is 58.3 Å². The molecule has 3 nitrogen and oxygen atoms in total. The minimum absolute atomic E-state index is 3.91. The van der Waals surface area contributed by atoms with E-state index < -0.39 is 55.5 Å². The van der Waals surface area contributed by atoms with Gasteiger partial charge in [-0.25, -0.2) is 0 Å². The van der Waals surface area contributed by atoms with Crippen LogP contribution in [0.5, 0.6) is 0 Å². The van der Waals surface area contributed by atoms with E-state index >= 15 is 0 Å². The van der Waals surface area contributed by atoms with Gasteiger partial charge in [0.2, 0.25) is 0 Å². The van der Waals surface area contributed by atoms with Crippen LogP contribution in [0.3, 0.4) is 0 Å². The molecule has 0 aromatic heterocycles. The van der Waals surface area contributed by atoms with E-state index in [9.17, 15) is 74.3 Å². The third kappa shape index (κ3) is 3.48. The van der Waals surface area contributed by atoms with E-state index in [0.717, 1.165) is 0 Å². The van der Waals surface area contributed by atoms with Gasteiger partial charge in [-0.2, -0.15) is 74.3 Å². The topological polar surface area (TPSA) is 54.4 Å². The average Bonchev–Trinajstić information content (AvgIpc) is 2.43. The molecule has 0 unspecified atom stereocenters. The zero-order valence-corrected chi connectivity index (χ0v) is 14.4. The van der Waals surface area contributed by atoms with Crippen molar-refractivity contribution in [1.82, 2.24) is 0 Å². The summed E-state index contributed by atoms with van der Waals surface area (Å²) in [7, 11) is -7.41. The Morgan fingerprint density at radius 3 is 1.00 bits per heavy atom. The van der Waals surface area contributed by atoms with Crippen LogP contribution < -0.4 is 0 Å². The predicted molar refractivity (Wildman–Crippen MR) is 61.7 cm³/mol. The van der Waals surface area contributed by atoms with E-state index in [1.54, 1.807) is 0 Å². The quantitative estimate of drug-likeness (QED) is 0.272. The summed E-state index contributed by atoms with van der Waals surface area (Å²) in [6.45, 7) is 0. The molecule has 29 heavy (non-hydrogen) atoms. The molecule has 0 aliphatic rings. The van der Waals surface area contributed by atoms with Crippen molar-refractivity contribution in [2.24, 2.45) is 0 Å². The molecule has 0 atom stereocenters. The van der Waals surface area contributed by atoms with Crippen molar-refractivity contribution in [2.45, 2.75) is 45.4 Å². The van der Waals surface area contributed by atoms with Gasteiger partial charge in [-0.15, -0.1) is 0 Å². The minimum Gasteiger partial charge on any atom is -0.281 e. The van der Waals surface area contributed by atoms with Gasteiger partial charge in [-0.05, 0) is 0 Å². The zero-order chi connectivity index (χ0) is 24.5. The lowest BCUT2D eigenvalue weighted by molar-refractivity contribution is -0.441. The van der Waals surface area contributed by atoms with Crippen LogP contribution in [-0.2, 0) is 10.1 Å². The highest BCUT2D eigenvalue weighted by Crippen LogP contribution is 2.65. The summed E-state index contributed by atoms with van der Waals surface area (Å²) in [6.07, 6.45) is -7.76. The summed E-state index contributed by atoms with van der Waals surface area (Å²) in [5, 5.41) is -6.98. The lowest BCUT2D eigenvalue weighted by Gasteiger charge is -2.43. The van der Waals surface area contributed by atoms with Gasteiger partial charge in [0.15, 0.2) is 0 Å². The van der Waals surface area contributed by atoms with Crippen LogP contribution in [0.2, 0.25) is 0 Å². The van der Waals surface area contributed by atoms with Gasteiger partial charge in [-0.1, -0.05) is 23.2 Å². The van der Waals surface area contributed by atoms with Gasteiger partial charge < -0.3 is 0 Å². The molecule has 1 N–H and O–H groups in total. The predicted octanol–water partition coefficient (Wildman–Crippen LogP) is 5.38.